The van der Waals surface area contributed by atoms with Crippen LogP contribution in [0.15, 0.2) is 48.5 Å². The Kier molecular flexibility index (Phi) is 4.25. The number of Topliss-reactive ketones (excluding diaryl/α,β-unsaturated/α-hetero) is 1. The van der Waals surface area contributed by atoms with Crippen LogP contribution in [-0.4, -0.2) is 10.7 Å². The summed E-state index contributed by atoms with van der Waals surface area (Å²) in [7, 11) is 0. The summed E-state index contributed by atoms with van der Waals surface area (Å²) in [5, 5.41) is 10.8. The topological polar surface area (TPSA) is 60.2 Å². The van der Waals surface area contributed by atoms with E-state index in [1.165, 1.54) is 6.07 Å². The second-order valence-electron chi connectivity index (χ2n) is 4.71. The van der Waals surface area contributed by atoms with Gasteiger partial charge in [-0.15, -0.1) is 0 Å². The largest absolute Gasteiger partial charge is 0.300 e. The molecule has 0 unspecified atom stereocenters. The highest BCUT2D eigenvalue weighted by molar-refractivity contribution is 5.75. The van der Waals surface area contributed by atoms with Gasteiger partial charge < -0.3 is 4.79 Å². The molecule has 4 nitrogen and oxygen atoms in total. The summed E-state index contributed by atoms with van der Waals surface area (Å²) >= 11 is 0. The van der Waals surface area contributed by atoms with Crippen molar-refractivity contribution in [1.29, 1.82) is 0 Å². The van der Waals surface area contributed by atoms with Crippen LogP contribution in [0.25, 0.3) is 11.1 Å². The molecule has 0 aliphatic rings. The Morgan fingerprint density at radius 2 is 1.75 bits per heavy atom. The van der Waals surface area contributed by atoms with Gasteiger partial charge in [0.25, 0.3) is 5.69 Å². The molecule has 0 aliphatic carbocycles. The summed E-state index contributed by atoms with van der Waals surface area (Å²) < 4.78 is 0. The van der Waals surface area contributed by atoms with Crippen molar-refractivity contribution in [2.45, 2.75) is 19.8 Å². The normalized spacial score (nSPS) is 10.2. The molecule has 0 bridgehead atoms. The van der Waals surface area contributed by atoms with Crippen molar-refractivity contribution in [3.63, 3.8) is 0 Å². The minimum Gasteiger partial charge on any atom is -0.300 e. The molecule has 2 aromatic carbocycles. The molecule has 0 spiro atoms. The van der Waals surface area contributed by atoms with Crippen LogP contribution in [0, 0.1) is 10.1 Å². The van der Waals surface area contributed by atoms with Crippen molar-refractivity contribution in [2.24, 2.45) is 0 Å². The number of hydrogen-bond donors (Lipinski definition) is 0. The Morgan fingerprint density at radius 3 is 2.40 bits per heavy atom. The highest BCUT2D eigenvalue weighted by atomic mass is 16.6. The Hall–Kier alpha value is -2.49. The molecule has 0 radical (unpaired) electrons. The lowest BCUT2D eigenvalue weighted by Crippen LogP contribution is -1.94. The lowest BCUT2D eigenvalue weighted by atomic mass is 10.00. The van der Waals surface area contributed by atoms with Crippen LogP contribution in [0.3, 0.4) is 0 Å². The van der Waals surface area contributed by atoms with Crippen LogP contribution in [0.1, 0.15) is 18.9 Å². The maximum Gasteiger partial charge on any atom is 0.270 e. The van der Waals surface area contributed by atoms with Gasteiger partial charge in [-0.2, -0.15) is 0 Å². The molecule has 4 heteroatoms. The zero-order chi connectivity index (χ0) is 14.5. The predicted molar refractivity (Wildman–Crippen MR) is 77.5 cm³/mol. The number of benzene rings is 2. The highest BCUT2D eigenvalue weighted by Gasteiger charge is 2.07. The number of nitrogens with zero attached hydrogens (tertiary/aromatic N) is 1. The zero-order valence-corrected chi connectivity index (χ0v) is 11.2. The summed E-state index contributed by atoms with van der Waals surface area (Å²) in [6.45, 7) is 1.57. The van der Waals surface area contributed by atoms with Crippen LogP contribution in [0.5, 0.6) is 0 Å². The SMILES string of the molecule is CC(=O)CCc1cccc(-c2cccc([N+](=O)[O-])c2)c1. The number of carbonyl (C=O) groups excluding carboxylic acids is 1. The molecule has 20 heavy (non-hydrogen) atoms. The fourth-order valence-electron chi connectivity index (χ4n) is 2.03. The van der Waals surface area contributed by atoms with E-state index in [0.29, 0.717) is 12.8 Å². The van der Waals surface area contributed by atoms with Gasteiger partial charge in [0, 0.05) is 18.6 Å². The van der Waals surface area contributed by atoms with Gasteiger partial charge in [0.05, 0.1) is 4.92 Å². The second-order valence-corrected chi connectivity index (χ2v) is 4.71. The average Bonchev–Trinajstić information content (AvgIpc) is 2.45. The van der Waals surface area contributed by atoms with Crippen molar-refractivity contribution in [3.05, 3.63) is 64.2 Å². The van der Waals surface area contributed by atoms with Gasteiger partial charge in [0.1, 0.15) is 5.78 Å². The van der Waals surface area contributed by atoms with Crippen LogP contribution in [0.2, 0.25) is 0 Å². The van der Waals surface area contributed by atoms with Gasteiger partial charge in [-0.1, -0.05) is 36.4 Å². The molecule has 0 atom stereocenters. The summed E-state index contributed by atoms with van der Waals surface area (Å²) in [5.41, 5.74) is 2.87. The van der Waals surface area contributed by atoms with E-state index in [9.17, 15) is 14.9 Å². The first-order valence-corrected chi connectivity index (χ1v) is 6.39. The first kappa shape index (κ1) is 13.9. The molecule has 2 aromatic rings. The van der Waals surface area contributed by atoms with Crippen LogP contribution in [-0.2, 0) is 11.2 Å². The van der Waals surface area contributed by atoms with E-state index < -0.39 is 4.92 Å². The van der Waals surface area contributed by atoms with E-state index in [2.05, 4.69) is 0 Å². The van der Waals surface area contributed by atoms with E-state index in [1.54, 1.807) is 19.1 Å². The molecular formula is C16H15NO3. The van der Waals surface area contributed by atoms with Crippen LogP contribution in [0.4, 0.5) is 5.69 Å². The summed E-state index contributed by atoms with van der Waals surface area (Å²) in [5.74, 6) is 0.158. The van der Waals surface area contributed by atoms with Crippen molar-refractivity contribution < 1.29 is 9.72 Å². The number of aryl methyl sites for hydroxylation is 1. The van der Waals surface area contributed by atoms with E-state index in [-0.39, 0.29) is 11.5 Å². The Labute approximate surface area is 117 Å². The zero-order valence-electron chi connectivity index (χ0n) is 11.2. The number of hydrogen-bond acceptors (Lipinski definition) is 3. The number of rotatable bonds is 5. The molecule has 0 fully saturated rings. The Balaban J connectivity index is 2.28. The fraction of sp³-hybridized carbons (Fsp3) is 0.188. The Bertz CT molecular complexity index is 650. The minimum absolute atomic E-state index is 0.0802. The van der Waals surface area contributed by atoms with Gasteiger partial charge in [0.2, 0.25) is 0 Å². The Morgan fingerprint density at radius 1 is 1.10 bits per heavy atom. The van der Waals surface area contributed by atoms with E-state index in [4.69, 9.17) is 0 Å². The predicted octanol–water partition coefficient (Wildman–Crippen LogP) is 3.78. The molecule has 0 heterocycles. The molecule has 0 aliphatic heterocycles. The molecule has 2 rings (SSSR count). The van der Waals surface area contributed by atoms with E-state index in [0.717, 1.165) is 16.7 Å². The number of nitro benzene ring substituents is 1. The molecule has 0 saturated heterocycles. The molecular weight excluding hydrogens is 254 g/mol. The molecule has 0 amide bonds. The number of non-ortho nitro benzene ring substituents is 1. The van der Waals surface area contributed by atoms with Crippen molar-refractivity contribution >= 4 is 11.5 Å². The molecule has 0 saturated carbocycles. The standard InChI is InChI=1S/C16H15NO3/c1-12(18)8-9-13-4-2-5-14(10-13)15-6-3-7-16(11-15)17(19)20/h2-7,10-11H,8-9H2,1H3. The third kappa shape index (κ3) is 3.51. The average molecular weight is 269 g/mol. The quantitative estimate of drug-likeness (QED) is 0.613. The number of ketones is 1. The number of carbonyl (C=O) groups is 1. The maximum absolute atomic E-state index is 11.0. The number of nitro groups is 1. The summed E-state index contributed by atoms with van der Waals surface area (Å²) in [6, 6.07) is 14.3. The van der Waals surface area contributed by atoms with E-state index in [1.807, 2.05) is 30.3 Å². The molecule has 0 N–H and O–H groups in total. The molecule has 0 aromatic heterocycles. The highest BCUT2D eigenvalue weighted by Crippen LogP contribution is 2.24. The first-order chi connectivity index (χ1) is 9.56. The van der Waals surface area contributed by atoms with Gasteiger partial charge >= 0.3 is 0 Å². The maximum atomic E-state index is 11.0. The lowest BCUT2D eigenvalue weighted by molar-refractivity contribution is -0.384. The van der Waals surface area contributed by atoms with Gasteiger partial charge in [-0.05, 0) is 30.0 Å². The van der Waals surface area contributed by atoms with Gasteiger partial charge in [0.15, 0.2) is 0 Å². The summed E-state index contributed by atoms with van der Waals surface area (Å²) in [4.78, 5) is 21.4. The summed E-state index contributed by atoms with van der Waals surface area (Å²) in [6.07, 6.45) is 1.20. The lowest BCUT2D eigenvalue weighted by Gasteiger charge is -2.05. The monoisotopic (exact) mass is 269 g/mol. The second kappa shape index (κ2) is 6.10. The van der Waals surface area contributed by atoms with Crippen molar-refractivity contribution in [2.75, 3.05) is 0 Å². The van der Waals surface area contributed by atoms with Crippen molar-refractivity contribution in [1.82, 2.24) is 0 Å². The van der Waals surface area contributed by atoms with E-state index >= 15 is 0 Å². The molecule has 102 valence electrons. The van der Waals surface area contributed by atoms with Gasteiger partial charge in [-0.3, -0.25) is 10.1 Å². The first-order valence-electron chi connectivity index (χ1n) is 6.39. The third-order valence-electron chi connectivity index (χ3n) is 3.08. The third-order valence-corrected chi connectivity index (χ3v) is 3.08. The smallest absolute Gasteiger partial charge is 0.270 e. The fourth-order valence-corrected chi connectivity index (χ4v) is 2.03. The van der Waals surface area contributed by atoms with Crippen molar-refractivity contribution in [3.8, 4) is 11.1 Å². The van der Waals surface area contributed by atoms with Crippen LogP contribution >= 0.6 is 0 Å². The minimum atomic E-state index is -0.400. The van der Waals surface area contributed by atoms with Gasteiger partial charge in [-0.25, -0.2) is 0 Å². The van der Waals surface area contributed by atoms with Crippen LogP contribution < -0.4 is 0 Å².